The highest BCUT2D eigenvalue weighted by Crippen LogP contribution is 2.44. The van der Waals surface area contributed by atoms with Gasteiger partial charge in [0.05, 0.1) is 12.6 Å². The van der Waals surface area contributed by atoms with Crippen LogP contribution in [0, 0.1) is 12.3 Å². The molecule has 0 bridgehead atoms. The minimum Gasteiger partial charge on any atom is -0.484 e. The van der Waals surface area contributed by atoms with Gasteiger partial charge in [-0.2, -0.15) is 0 Å². The van der Waals surface area contributed by atoms with Gasteiger partial charge in [0, 0.05) is 11.4 Å². The molecule has 2 heterocycles. The van der Waals surface area contributed by atoms with E-state index in [0.29, 0.717) is 6.54 Å². The molecule has 32 heavy (non-hydrogen) atoms. The van der Waals surface area contributed by atoms with Crippen molar-refractivity contribution in [1.29, 1.82) is 0 Å². The number of thiophene rings is 1. The Morgan fingerprint density at radius 2 is 1.88 bits per heavy atom. The number of piperidine rings is 1. The number of nitrogens with one attached hydrogen (secondary N) is 1. The maximum Gasteiger partial charge on any atom is 0.261 e. The summed E-state index contributed by atoms with van der Waals surface area (Å²) in [5.74, 6) is 0.876. The lowest BCUT2D eigenvalue weighted by molar-refractivity contribution is -0.141. The summed E-state index contributed by atoms with van der Waals surface area (Å²) < 4.78 is 5.97. The number of rotatable bonds is 6. The van der Waals surface area contributed by atoms with Gasteiger partial charge in [-0.3, -0.25) is 4.79 Å². The average Bonchev–Trinajstić information content (AvgIpc) is 3.34. The lowest BCUT2D eigenvalue weighted by atomic mass is 9.68. The highest BCUT2D eigenvalue weighted by Gasteiger charge is 2.44. The second-order valence-electron chi connectivity index (χ2n) is 9.66. The first-order chi connectivity index (χ1) is 15.7. The molecule has 1 aliphatic carbocycles. The molecule has 2 aliphatic rings. The van der Waals surface area contributed by atoms with Gasteiger partial charge in [-0.1, -0.05) is 56.7 Å². The molecule has 0 radical (unpaired) electrons. The number of hydrogen-bond donors (Lipinski definition) is 1. The van der Waals surface area contributed by atoms with Crippen LogP contribution in [0.3, 0.4) is 0 Å². The molecule has 1 atom stereocenters. The zero-order chi connectivity index (χ0) is 22.2. The summed E-state index contributed by atoms with van der Waals surface area (Å²) in [6.07, 6.45) is 11.6. The fraction of sp³-hybridized carbons (Fsp3) is 0.593. The average molecular weight is 455 g/mol. The highest BCUT2D eigenvalue weighted by molar-refractivity contribution is 7.09. The van der Waals surface area contributed by atoms with E-state index >= 15 is 0 Å². The summed E-state index contributed by atoms with van der Waals surface area (Å²) in [5.41, 5.74) is 1.37. The fourth-order valence-corrected chi connectivity index (χ4v) is 6.35. The molecule has 4 rings (SSSR count). The number of benzene rings is 1. The van der Waals surface area contributed by atoms with Crippen molar-refractivity contribution in [3.05, 3.63) is 52.2 Å². The van der Waals surface area contributed by atoms with E-state index in [0.717, 1.165) is 24.4 Å². The van der Waals surface area contributed by atoms with Gasteiger partial charge in [0.25, 0.3) is 5.91 Å². The molecular formula is C27H38N2O2S. The quantitative estimate of drug-likeness (QED) is 0.587. The summed E-state index contributed by atoms with van der Waals surface area (Å²) >= 11 is 1.74. The van der Waals surface area contributed by atoms with Crippen LogP contribution < -0.4 is 10.1 Å². The van der Waals surface area contributed by atoms with Crippen molar-refractivity contribution in [2.75, 3.05) is 19.7 Å². The SMILES string of the molecule is Cc1cccc(OCC(=O)N(Cc2cccs2)C2CNCCC23CCCCCCCC3)c1. The van der Waals surface area contributed by atoms with Crippen molar-refractivity contribution in [3.8, 4) is 5.75 Å². The van der Waals surface area contributed by atoms with Crippen molar-refractivity contribution in [1.82, 2.24) is 10.2 Å². The number of carbonyl (C=O) groups excluding carboxylic acids is 1. The summed E-state index contributed by atoms with van der Waals surface area (Å²) in [6.45, 7) is 4.79. The van der Waals surface area contributed by atoms with Crippen LogP contribution in [0.2, 0.25) is 0 Å². The van der Waals surface area contributed by atoms with Gasteiger partial charge in [0.2, 0.25) is 0 Å². The molecule has 1 saturated heterocycles. The third-order valence-electron chi connectivity index (χ3n) is 7.40. The molecule has 1 aromatic carbocycles. The molecule has 1 aliphatic heterocycles. The van der Waals surface area contributed by atoms with Gasteiger partial charge in [0.15, 0.2) is 6.61 Å². The molecule has 5 heteroatoms. The predicted molar refractivity (Wildman–Crippen MR) is 132 cm³/mol. The van der Waals surface area contributed by atoms with Crippen LogP contribution in [0.25, 0.3) is 0 Å². The van der Waals surface area contributed by atoms with Crippen LogP contribution >= 0.6 is 11.3 Å². The Morgan fingerprint density at radius 3 is 2.59 bits per heavy atom. The first-order valence-electron chi connectivity index (χ1n) is 12.4. The molecule has 174 valence electrons. The Morgan fingerprint density at radius 1 is 1.09 bits per heavy atom. The van der Waals surface area contributed by atoms with Gasteiger partial charge in [0.1, 0.15) is 5.75 Å². The van der Waals surface area contributed by atoms with E-state index in [1.165, 1.54) is 62.7 Å². The van der Waals surface area contributed by atoms with Crippen LogP contribution in [0.15, 0.2) is 41.8 Å². The monoisotopic (exact) mass is 454 g/mol. The third kappa shape index (κ3) is 5.93. The van der Waals surface area contributed by atoms with E-state index in [1.807, 2.05) is 31.2 Å². The molecule has 4 nitrogen and oxygen atoms in total. The lowest BCUT2D eigenvalue weighted by Crippen LogP contribution is -2.59. The lowest BCUT2D eigenvalue weighted by Gasteiger charge is -2.50. The van der Waals surface area contributed by atoms with Gasteiger partial charge in [-0.15, -0.1) is 11.3 Å². The third-order valence-corrected chi connectivity index (χ3v) is 8.26. The summed E-state index contributed by atoms with van der Waals surface area (Å²) in [5, 5.41) is 5.73. The second kappa shape index (κ2) is 11.3. The van der Waals surface area contributed by atoms with Crippen molar-refractivity contribution in [2.24, 2.45) is 5.41 Å². The van der Waals surface area contributed by atoms with Crippen molar-refractivity contribution < 1.29 is 9.53 Å². The van der Waals surface area contributed by atoms with E-state index in [4.69, 9.17) is 4.74 Å². The Hall–Kier alpha value is -1.85. The number of carbonyl (C=O) groups is 1. The number of amides is 1. The molecule has 1 saturated carbocycles. The number of nitrogens with zero attached hydrogens (tertiary/aromatic N) is 1. The van der Waals surface area contributed by atoms with E-state index in [9.17, 15) is 4.79 Å². The van der Waals surface area contributed by atoms with Crippen LogP contribution in [0.4, 0.5) is 0 Å². The van der Waals surface area contributed by atoms with E-state index in [-0.39, 0.29) is 24.0 Å². The minimum absolute atomic E-state index is 0.0986. The van der Waals surface area contributed by atoms with E-state index in [2.05, 4.69) is 27.7 Å². The van der Waals surface area contributed by atoms with Crippen molar-refractivity contribution >= 4 is 17.2 Å². The zero-order valence-electron chi connectivity index (χ0n) is 19.5. The van der Waals surface area contributed by atoms with Gasteiger partial charge in [-0.05, 0) is 67.3 Å². The van der Waals surface area contributed by atoms with Gasteiger partial charge in [-0.25, -0.2) is 0 Å². The normalized spacial score (nSPS) is 21.3. The maximum absolute atomic E-state index is 13.7. The fourth-order valence-electron chi connectivity index (χ4n) is 5.65. The van der Waals surface area contributed by atoms with Crippen LogP contribution in [0.1, 0.15) is 68.2 Å². The van der Waals surface area contributed by atoms with Crippen molar-refractivity contribution in [3.63, 3.8) is 0 Å². The molecule has 1 amide bonds. The van der Waals surface area contributed by atoms with Crippen molar-refractivity contribution in [2.45, 2.75) is 77.3 Å². The largest absolute Gasteiger partial charge is 0.484 e. The Balaban J connectivity index is 1.56. The molecule has 1 aromatic heterocycles. The summed E-state index contributed by atoms with van der Waals surface area (Å²) in [6, 6.07) is 12.4. The highest BCUT2D eigenvalue weighted by atomic mass is 32.1. The standard InChI is InChI=1S/C27H38N2O2S/c1-22-10-8-11-23(18-22)31-21-26(30)29(20-24-12-9-17-32-24)25-19-28-16-15-27(25)13-6-4-2-3-5-7-14-27/h8-12,17-18,25,28H,2-7,13-16,19-21H2,1H3. The molecule has 2 fully saturated rings. The predicted octanol–water partition coefficient (Wildman–Crippen LogP) is 5.95. The first kappa shape index (κ1) is 23.3. The van der Waals surface area contributed by atoms with Gasteiger partial charge < -0.3 is 15.0 Å². The number of aryl methyl sites for hydroxylation is 1. The van der Waals surface area contributed by atoms with Crippen LogP contribution in [-0.4, -0.2) is 36.5 Å². The second-order valence-corrected chi connectivity index (χ2v) is 10.7. The molecule has 2 aromatic rings. The molecule has 1 spiro atoms. The first-order valence-corrected chi connectivity index (χ1v) is 13.3. The Kier molecular flexibility index (Phi) is 8.26. The maximum atomic E-state index is 13.7. The molecular weight excluding hydrogens is 416 g/mol. The summed E-state index contributed by atoms with van der Waals surface area (Å²) in [7, 11) is 0. The van der Waals surface area contributed by atoms with E-state index < -0.39 is 0 Å². The van der Waals surface area contributed by atoms with Crippen LogP contribution in [0.5, 0.6) is 5.75 Å². The Labute approximate surface area is 197 Å². The van der Waals surface area contributed by atoms with Gasteiger partial charge >= 0.3 is 0 Å². The number of hydrogen-bond acceptors (Lipinski definition) is 4. The smallest absolute Gasteiger partial charge is 0.261 e. The molecule has 1 unspecified atom stereocenters. The summed E-state index contributed by atoms with van der Waals surface area (Å²) in [4.78, 5) is 17.1. The number of ether oxygens (including phenoxy) is 1. The zero-order valence-corrected chi connectivity index (χ0v) is 20.3. The minimum atomic E-state index is 0.0986. The van der Waals surface area contributed by atoms with E-state index in [1.54, 1.807) is 11.3 Å². The van der Waals surface area contributed by atoms with Crippen LogP contribution in [-0.2, 0) is 11.3 Å². The topological polar surface area (TPSA) is 41.6 Å². The Bertz CT molecular complexity index is 841. The molecule has 1 N–H and O–H groups in total.